The predicted octanol–water partition coefficient (Wildman–Crippen LogP) is 1.88. The van der Waals surface area contributed by atoms with Crippen molar-refractivity contribution in [3.05, 3.63) is 52.5 Å². The van der Waals surface area contributed by atoms with E-state index in [1.54, 1.807) is 6.07 Å². The number of hydrogen-bond acceptors (Lipinski definition) is 5. The molecule has 0 bridgehead atoms. The average molecular weight is 336 g/mol. The summed E-state index contributed by atoms with van der Waals surface area (Å²) in [5.41, 5.74) is 1.71. The van der Waals surface area contributed by atoms with Gasteiger partial charge in [-0.25, -0.2) is 17.6 Å². The summed E-state index contributed by atoms with van der Waals surface area (Å²) in [6.07, 6.45) is 3.98. The largest absolute Gasteiger partial charge is 0.419 e. The van der Waals surface area contributed by atoms with Crippen molar-refractivity contribution in [3.8, 4) is 11.1 Å². The molecule has 120 valence electrons. The van der Waals surface area contributed by atoms with E-state index in [-0.39, 0.29) is 16.9 Å². The quantitative estimate of drug-likeness (QED) is 0.729. The number of hydrogen-bond donors (Lipinski definition) is 0. The van der Waals surface area contributed by atoms with Gasteiger partial charge in [0.15, 0.2) is 15.4 Å². The maximum Gasteiger partial charge on any atom is 0.419 e. The Morgan fingerprint density at radius 1 is 1.26 bits per heavy atom. The zero-order chi connectivity index (χ0) is 16.8. The van der Waals surface area contributed by atoms with Crippen LogP contribution >= 0.6 is 0 Å². The van der Waals surface area contributed by atoms with Gasteiger partial charge in [-0.1, -0.05) is 0 Å². The summed E-state index contributed by atoms with van der Waals surface area (Å²) < 4.78 is 43.3. The SMILES string of the molecule is Cn1c(=O)oc2cc(F)c(-c3cncc(CS(C)(=O)=O)c3)cc21. The molecule has 0 aliphatic heterocycles. The van der Waals surface area contributed by atoms with Crippen LogP contribution in [0.15, 0.2) is 39.8 Å². The van der Waals surface area contributed by atoms with Gasteiger partial charge in [0.25, 0.3) is 0 Å². The predicted molar refractivity (Wildman–Crippen MR) is 83.2 cm³/mol. The van der Waals surface area contributed by atoms with Crippen LogP contribution in [-0.2, 0) is 22.6 Å². The van der Waals surface area contributed by atoms with Crippen molar-refractivity contribution in [1.29, 1.82) is 0 Å². The summed E-state index contributed by atoms with van der Waals surface area (Å²) in [5.74, 6) is -1.34. The van der Waals surface area contributed by atoms with E-state index in [4.69, 9.17) is 4.42 Å². The van der Waals surface area contributed by atoms with E-state index >= 15 is 0 Å². The number of aryl methyl sites for hydroxylation is 1. The highest BCUT2D eigenvalue weighted by Gasteiger charge is 2.14. The number of rotatable bonds is 3. The maximum absolute atomic E-state index is 14.3. The van der Waals surface area contributed by atoms with Crippen molar-refractivity contribution in [2.24, 2.45) is 7.05 Å². The first-order chi connectivity index (χ1) is 10.7. The Hall–Kier alpha value is -2.48. The van der Waals surface area contributed by atoms with Gasteiger partial charge in [-0.15, -0.1) is 0 Å². The molecule has 0 atom stereocenters. The number of fused-ring (bicyclic) bond motifs is 1. The van der Waals surface area contributed by atoms with Crippen LogP contribution in [0.2, 0.25) is 0 Å². The number of oxazole rings is 1. The second-order valence-electron chi connectivity index (χ2n) is 5.38. The molecule has 3 rings (SSSR count). The molecule has 0 aliphatic carbocycles. The third kappa shape index (κ3) is 3.02. The second-order valence-corrected chi connectivity index (χ2v) is 7.52. The third-order valence-electron chi connectivity index (χ3n) is 3.42. The topological polar surface area (TPSA) is 82.2 Å². The van der Waals surface area contributed by atoms with Crippen LogP contribution in [0.5, 0.6) is 0 Å². The van der Waals surface area contributed by atoms with Crippen LogP contribution in [0.3, 0.4) is 0 Å². The van der Waals surface area contributed by atoms with Gasteiger partial charge in [-0.05, 0) is 17.7 Å². The molecule has 0 aliphatic rings. The van der Waals surface area contributed by atoms with Gasteiger partial charge in [-0.2, -0.15) is 0 Å². The number of benzene rings is 1. The number of aromatic nitrogens is 2. The van der Waals surface area contributed by atoms with E-state index in [0.717, 1.165) is 12.3 Å². The molecular formula is C15H13FN2O4S. The zero-order valence-electron chi connectivity index (χ0n) is 12.4. The lowest BCUT2D eigenvalue weighted by atomic mass is 10.1. The van der Waals surface area contributed by atoms with E-state index < -0.39 is 21.4 Å². The smallest absolute Gasteiger partial charge is 0.408 e. The molecule has 0 spiro atoms. The van der Waals surface area contributed by atoms with Crippen LogP contribution in [0.1, 0.15) is 5.56 Å². The van der Waals surface area contributed by atoms with Gasteiger partial charge in [0.1, 0.15) is 5.82 Å². The van der Waals surface area contributed by atoms with Gasteiger partial charge < -0.3 is 4.42 Å². The Bertz CT molecular complexity index is 1070. The molecule has 8 heteroatoms. The van der Waals surface area contributed by atoms with E-state index in [0.29, 0.717) is 16.6 Å². The Kier molecular flexibility index (Phi) is 3.56. The molecule has 2 heterocycles. The summed E-state index contributed by atoms with van der Waals surface area (Å²) in [6.45, 7) is 0. The lowest BCUT2D eigenvalue weighted by Crippen LogP contribution is -2.08. The highest BCUT2D eigenvalue weighted by molar-refractivity contribution is 7.89. The molecule has 0 N–H and O–H groups in total. The first-order valence-electron chi connectivity index (χ1n) is 6.66. The molecule has 3 aromatic rings. The van der Waals surface area contributed by atoms with E-state index in [2.05, 4.69) is 4.98 Å². The number of sulfone groups is 1. The van der Waals surface area contributed by atoms with Crippen LogP contribution in [0.4, 0.5) is 4.39 Å². The number of halogens is 1. The van der Waals surface area contributed by atoms with Gasteiger partial charge in [0, 0.05) is 42.9 Å². The molecule has 23 heavy (non-hydrogen) atoms. The lowest BCUT2D eigenvalue weighted by Gasteiger charge is -2.06. The standard InChI is InChI=1S/C15H13FN2O4S/c1-18-13-4-11(12(16)5-14(13)22-15(18)19)10-3-9(6-17-7-10)8-23(2,20)21/h3-7H,8H2,1-2H3. The van der Waals surface area contributed by atoms with Gasteiger partial charge in [-0.3, -0.25) is 9.55 Å². The van der Waals surface area contributed by atoms with Crippen LogP contribution < -0.4 is 5.76 Å². The number of nitrogens with zero attached hydrogens (tertiary/aromatic N) is 2. The monoisotopic (exact) mass is 336 g/mol. The first-order valence-corrected chi connectivity index (χ1v) is 8.72. The fourth-order valence-corrected chi connectivity index (χ4v) is 3.15. The summed E-state index contributed by atoms with van der Waals surface area (Å²) in [5, 5.41) is 0. The fraction of sp³-hybridized carbons (Fsp3) is 0.200. The molecule has 0 unspecified atom stereocenters. The Balaban J connectivity index is 2.16. The summed E-state index contributed by atoms with van der Waals surface area (Å²) >= 11 is 0. The minimum Gasteiger partial charge on any atom is -0.408 e. The normalized spacial score (nSPS) is 12.0. The highest BCUT2D eigenvalue weighted by atomic mass is 32.2. The van der Waals surface area contributed by atoms with Crippen molar-refractivity contribution in [1.82, 2.24) is 9.55 Å². The minimum absolute atomic E-state index is 0.152. The molecule has 1 aromatic carbocycles. The highest BCUT2D eigenvalue weighted by Crippen LogP contribution is 2.27. The van der Waals surface area contributed by atoms with E-state index in [1.165, 1.54) is 30.1 Å². The van der Waals surface area contributed by atoms with Crippen LogP contribution in [0, 0.1) is 5.82 Å². The molecule has 0 saturated carbocycles. The van der Waals surface area contributed by atoms with Gasteiger partial charge in [0.05, 0.1) is 11.3 Å². The molecule has 2 aromatic heterocycles. The molecule has 6 nitrogen and oxygen atoms in total. The van der Waals surface area contributed by atoms with Crippen molar-refractivity contribution in [3.63, 3.8) is 0 Å². The van der Waals surface area contributed by atoms with E-state index in [9.17, 15) is 17.6 Å². The molecule has 0 radical (unpaired) electrons. The van der Waals surface area contributed by atoms with Gasteiger partial charge in [0.2, 0.25) is 0 Å². The molecule has 0 fully saturated rings. The average Bonchev–Trinajstić information content (AvgIpc) is 2.71. The third-order valence-corrected chi connectivity index (χ3v) is 4.27. The Labute approximate surface area is 131 Å². The van der Waals surface area contributed by atoms with Crippen LogP contribution in [-0.4, -0.2) is 24.2 Å². The van der Waals surface area contributed by atoms with Crippen molar-refractivity contribution in [2.75, 3.05) is 6.26 Å². The Morgan fingerprint density at radius 2 is 2.00 bits per heavy atom. The Morgan fingerprint density at radius 3 is 2.70 bits per heavy atom. The molecule has 0 saturated heterocycles. The minimum atomic E-state index is -3.22. The number of pyridine rings is 1. The van der Waals surface area contributed by atoms with Crippen molar-refractivity contribution in [2.45, 2.75) is 5.75 Å². The first kappa shape index (κ1) is 15.4. The summed E-state index contributed by atoms with van der Waals surface area (Å²) in [7, 11) is -1.70. The van der Waals surface area contributed by atoms with Crippen molar-refractivity contribution < 1.29 is 17.2 Å². The van der Waals surface area contributed by atoms with Crippen molar-refractivity contribution >= 4 is 20.9 Å². The maximum atomic E-state index is 14.3. The fourth-order valence-electron chi connectivity index (χ4n) is 2.39. The molecule has 0 amide bonds. The van der Waals surface area contributed by atoms with Crippen LogP contribution in [0.25, 0.3) is 22.2 Å². The molecular weight excluding hydrogens is 323 g/mol. The summed E-state index contributed by atoms with van der Waals surface area (Å²) in [6, 6.07) is 4.18. The second kappa shape index (κ2) is 5.31. The zero-order valence-corrected chi connectivity index (χ0v) is 13.2. The lowest BCUT2D eigenvalue weighted by molar-refractivity contribution is 0.525. The van der Waals surface area contributed by atoms with E-state index in [1.807, 2.05) is 0 Å². The van der Waals surface area contributed by atoms with Gasteiger partial charge >= 0.3 is 5.76 Å². The summed E-state index contributed by atoms with van der Waals surface area (Å²) in [4.78, 5) is 15.5.